The number of nitrogens with zero attached hydrogens (tertiary/aromatic N) is 5. The van der Waals surface area contributed by atoms with Gasteiger partial charge in [0.2, 0.25) is 0 Å². The minimum atomic E-state index is -0.432. The van der Waals surface area contributed by atoms with Crippen molar-refractivity contribution in [2.75, 3.05) is 0 Å². The van der Waals surface area contributed by atoms with Crippen LogP contribution in [0, 0.1) is 18.3 Å². The second kappa shape index (κ2) is 5.33. The van der Waals surface area contributed by atoms with Gasteiger partial charge in [-0.2, -0.15) is 5.26 Å². The van der Waals surface area contributed by atoms with Crippen molar-refractivity contribution in [2.45, 2.75) is 39.8 Å². The lowest BCUT2D eigenvalue weighted by molar-refractivity contribution is 0.606. The number of fused-ring (bicyclic) bond motifs is 1. The van der Waals surface area contributed by atoms with Crippen LogP contribution >= 0.6 is 0 Å². The molecule has 2 heterocycles. The van der Waals surface area contributed by atoms with Gasteiger partial charge in [0.05, 0.1) is 12.5 Å². The number of hydrogen-bond donors (Lipinski definition) is 0. The van der Waals surface area contributed by atoms with Crippen molar-refractivity contribution in [1.82, 2.24) is 18.7 Å². The van der Waals surface area contributed by atoms with E-state index in [0.717, 1.165) is 11.0 Å². The van der Waals surface area contributed by atoms with E-state index >= 15 is 0 Å². The monoisotopic (exact) mass is 275 g/mol. The van der Waals surface area contributed by atoms with Crippen LogP contribution in [0.5, 0.6) is 0 Å². The lowest BCUT2D eigenvalue weighted by Gasteiger charge is -2.08. The van der Waals surface area contributed by atoms with Crippen LogP contribution in [-0.2, 0) is 20.1 Å². The summed E-state index contributed by atoms with van der Waals surface area (Å²) >= 11 is 0. The van der Waals surface area contributed by atoms with Crippen LogP contribution in [-0.4, -0.2) is 18.7 Å². The van der Waals surface area contributed by atoms with Crippen molar-refractivity contribution < 1.29 is 0 Å². The highest BCUT2D eigenvalue weighted by Crippen LogP contribution is 2.10. The molecule has 0 spiro atoms. The Morgan fingerprint density at radius 1 is 1.25 bits per heavy atom. The summed E-state index contributed by atoms with van der Waals surface area (Å²) in [5.41, 5.74) is 0.0369. The summed E-state index contributed by atoms with van der Waals surface area (Å²) in [6.45, 7) is 4.61. The van der Waals surface area contributed by atoms with Crippen LogP contribution in [0.2, 0.25) is 0 Å². The maximum absolute atomic E-state index is 12.5. The fraction of sp³-hybridized carbons (Fsp3) is 0.538. The molecule has 2 aromatic rings. The number of aromatic nitrogens is 4. The van der Waals surface area contributed by atoms with Crippen LogP contribution in [0.3, 0.4) is 0 Å². The zero-order valence-electron chi connectivity index (χ0n) is 11.9. The lowest BCUT2D eigenvalue weighted by Crippen LogP contribution is -2.39. The van der Waals surface area contributed by atoms with E-state index in [1.807, 2.05) is 24.5 Å². The van der Waals surface area contributed by atoms with Gasteiger partial charge in [-0.05, 0) is 13.3 Å². The lowest BCUT2D eigenvalue weighted by atomic mass is 10.4. The molecular weight excluding hydrogens is 258 g/mol. The fourth-order valence-corrected chi connectivity index (χ4v) is 2.34. The zero-order chi connectivity index (χ0) is 14.9. The maximum Gasteiger partial charge on any atom is 0.332 e. The van der Waals surface area contributed by atoms with Crippen LogP contribution in [0.15, 0.2) is 9.59 Å². The van der Waals surface area contributed by atoms with E-state index in [1.165, 1.54) is 4.57 Å². The first-order chi connectivity index (χ1) is 9.52. The average Bonchev–Trinajstić information content (AvgIpc) is 2.75. The summed E-state index contributed by atoms with van der Waals surface area (Å²) in [5, 5.41) is 8.64. The highest BCUT2D eigenvalue weighted by atomic mass is 16.2. The minimum absolute atomic E-state index is 0.105. The van der Waals surface area contributed by atoms with Crippen LogP contribution < -0.4 is 11.2 Å². The summed E-state index contributed by atoms with van der Waals surface area (Å²) in [7, 11) is 1.59. The molecule has 20 heavy (non-hydrogen) atoms. The first-order valence-electron chi connectivity index (χ1n) is 6.56. The first-order valence-corrected chi connectivity index (χ1v) is 6.56. The molecular formula is C13H17N5O2. The molecule has 0 aliphatic heterocycles. The highest BCUT2D eigenvalue weighted by molar-refractivity contribution is 5.70. The highest BCUT2D eigenvalue weighted by Gasteiger charge is 2.17. The van der Waals surface area contributed by atoms with Gasteiger partial charge in [-0.15, -0.1) is 0 Å². The molecule has 0 aliphatic rings. The summed E-state index contributed by atoms with van der Waals surface area (Å²) in [6, 6.07) is 1.95. The summed E-state index contributed by atoms with van der Waals surface area (Å²) in [5.74, 6) is 0.715. The van der Waals surface area contributed by atoms with Gasteiger partial charge in [0, 0.05) is 20.1 Å². The van der Waals surface area contributed by atoms with Crippen molar-refractivity contribution in [1.29, 1.82) is 5.26 Å². The van der Waals surface area contributed by atoms with Crippen molar-refractivity contribution in [2.24, 2.45) is 7.05 Å². The number of imidazole rings is 1. The quantitative estimate of drug-likeness (QED) is 0.814. The van der Waals surface area contributed by atoms with E-state index in [0.29, 0.717) is 23.5 Å². The van der Waals surface area contributed by atoms with Gasteiger partial charge in [0.15, 0.2) is 11.2 Å². The normalized spacial score (nSPS) is 10.9. The van der Waals surface area contributed by atoms with E-state index in [1.54, 1.807) is 7.05 Å². The third kappa shape index (κ3) is 2.03. The van der Waals surface area contributed by atoms with Gasteiger partial charge in [-0.1, -0.05) is 6.92 Å². The predicted molar refractivity (Wildman–Crippen MR) is 74.5 cm³/mol. The van der Waals surface area contributed by atoms with Crippen molar-refractivity contribution in [3.63, 3.8) is 0 Å². The molecule has 0 unspecified atom stereocenters. The van der Waals surface area contributed by atoms with Crippen LogP contribution in [0.4, 0.5) is 0 Å². The molecule has 0 saturated heterocycles. The van der Waals surface area contributed by atoms with E-state index in [9.17, 15) is 9.59 Å². The second-order valence-corrected chi connectivity index (χ2v) is 4.69. The molecule has 0 radical (unpaired) electrons. The van der Waals surface area contributed by atoms with Gasteiger partial charge >= 0.3 is 5.69 Å². The molecule has 2 rings (SSSR count). The Balaban J connectivity index is 2.85. The Labute approximate surface area is 115 Å². The molecule has 0 N–H and O–H groups in total. The van der Waals surface area contributed by atoms with Gasteiger partial charge < -0.3 is 4.57 Å². The standard InChI is InChI=1S/C13H17N5O2/c1-4-7-17-9(2)15-11-10(17)12(19)18(8-5-6-14)13(20)16(11)3/h4-5,7-8H2,1-3H3. The second-order valence-electron chi connectivity index (χ2n) is 4.69. The Bertz CT molecular complexity index is 803. The Kier molecular flexibility index (Phi) is 3.74. The number of hydrogen-bond acceptors (Lipinski definition) is 4. The molecule has 0 atom stereocenters. The molecule has 0 bridgehead atoms. The van der Waals surface area contributed by atoms with Crippen LogP contribution in [0.1, 0.15) is 25.6 Å². The fourth-order valence-electron chi connectivity index (χ4n) is 2.34. The first kappa shape index (κ1) is 14.1. The van der Waals surface area contributed by atoms with Crippen molar-refractivity contribution in [3.05, 3.63) is 26.7 Å². The Morgan fingerprint density at radius 2 is 1.95 bits per heavy atom. The van der Waals surface area contributed by atoms with E-state index in [4.69, 9.17) is 5.26 Å². The maximum atomic E-state index is 12.5. The molecule has 0 aromatic carbocycles. The molecule has 2 aromatic heterocycles. The summed E-state index contributed by atoms with van der Waals surface area (Å²) in [4.78, 5) is 29.0. The van der Waals surface area contributed by atoms with Gasteiger partial charge in [0.1, 0.15) is 5.82 Å². The molecule has 0 saturated carbocycles. The van der Waals surface area contributed by atoms with Crippen LogP contribution in [0.25, 0.3) is 11.2 Å². The average molecular weight is 275 g/mol. The third-order valence-electron chi connectivity index (χ3n) is 3.32. The Morgan fingerprint density at radius 3 is 2.55 bits per heavy atom. The molecule has 7 nitrogen and oxygen atoms in total. The number of nitriles is 1. The Hall–Kier alpha value is -2.36. The van der Waals surface area contributed by atoms with E-state index in [2.05, 4.69) is 4.98 Å². The largest absolute Gasteiger partial charge is 0.332 e. The predicted octanol–water partition coefficient (Wildman–Crippen LogP) is 0.529. The molecule has 0 fully saturated rings. The summed E-state index contributed by atoms with van der Waals surface area (Å²) in [6.07, 6.45) is 0.994. The zero-order valence-corrected chi connectivity index (χ0v) is 11.9. The van der Waals surface area contributed by atoms with Crippen molar-refractivity contribution in [3.8, 4) is 6.07 Å². The SMILES string of the molecule is CCCn1c(C)nc2c1c(=O)n(CCC#N)c(=O)n2C. The van der Waals surface area contributed by atoms with Crippen molar-refractivity contribution >= 4 is 11.2 Å². The minimum Gasteiger partial charge on any atom is -0.322 e. The van der Waals surface area contributed by atoms with Gasteiger partial charge in [-0.25, -0.2) is 9.78 Å². The molecule has 7 heteroatoms. The molecule has 0 aliphatic carbocycles. The van der Waals surface area contributed by atoms with Gasteiger partial charge in [-0.3, -0.25) is 13.9 Å². The molecule has 0 amide bonds. The third-order valence-corrected chi connectivity index (χ3v) is 3.32. The van der Waals surface area contributed by atoms with Gasteiger partial charge in [0.25, 0.3) is 5.56 Å². The van der Waals surface area contributed by atoms with E-state index < -0.39 is 5.69 Å². The molecule has 106 valence electrons. The number of rotatable bonds is 4. The topological polar surface area (TPSA) is 85.6 Å². The van der Waals surface area contributed by atoms with E-state index in [-0.39, 0.29) is 18.5 Å². The number of aryl methyl sites for hydroxylation is 3. The summed E-state index contributed by atoms with van der Waals surface area (Å²) < 4.78 is 4.31. The smallest absolute Gasteiger partial charge is 0.322 e.